The normalized spacial score (nSPS) is 12.7. The van der Waals surface area contributed by atoms with Crippen molar-refractivity contribution in [1.82, 2.24) is 0 Å². The van der Waals surface area contributed by atoms with E-state index in [1.165, 1.54) is 18.5 Å². The molecule has 2 aromatic rings. The molecular formula is C11H7Br2IS. The summed E-state index contributed by atoms with van der Waals surface area (Å²) in [6, 6.07) is 10.6. The van der Waals surface area contributed by atoms with Crippen LogP contribution >= 0.6 is 65.8 Å². The standard InChI is InChI=1S/C11H7Br2IS/c12-9-4-5-15-11(9)10(13)7-2-1-3-8(14)6-7/h1-6,10H. The van der Waals surface area contributed by atoms with Crippen LogP contribution in [0.3, 0.4) is 0 Å². The molecule has 0 saturated heterocycles. The fourth-order valence-corrected chi connectivity index (χ4v) is 4.63. The lowest BCUT2D eigenvalue weighted by molar-refractivity contribution is 1.21. The quantitative estimate of drug-likeness (QED) is 0.407. The minimum atomic E-state index is 0.279. The lowest BCUT2D eigenvalue weighted by Crippen LogP contribution is -1.90. The van der Waals surface area contributed by atoms with Crippen LogP contribution in [0.15, 0.2) is 40.2 Å². The first kappa shape index (κ1) is 12.1. The SMILES string of the molecule is Brc1ccsc1C(Br)c1cccc(I)c1. The first-order valence-electron chi connectivity index (χ1n) is 4.31. The molecule has 0 spiro atoms. The Morgan fingerprint density at radius 2 is 2.07 bits per heavy atom. The van der Waals surface area contributed by atoms with Crippen LogP contribution in [0.2, 0.25) is 0 Å². The van der Waals surface area contributed by atoms with Crippen LogP contribution in [-0.2, 0) is 0 Å². The summed E-state index contributed by atoms with van der Waals surface area (Å²) in [5.41, 5.74) is 1.30. The number of rotatable bonds is 2. The zero-order valence-electron chi connectivity index (χ0n) is 7.58. The molecule has 0 saturated carbocycles. The van der Waals surface area contributed by atoms with Gasteiger partial charge in [-0.15, -0.1) is 11.3 Å². The van der Waals surface area contributed by atoms with Gasteiger partial charge in [0.2, 0.25) is 0 Å². The molecule has 1 heterocycles. The van der Waals surface area contributed by atoms with Crippen molar-refractivity contribution < 1.29 is 0 Å². The maximum absolute atomic E-state index is 3.74. The number of alkyl halides is 1. The monoisotopic (exact) mass is 456 g/mol. The van der Waals surface area contributed by atoms with E-state index in [9.17, 15) is 0 Å². The van der Waals surface area contributed by atoms with Crippen molar-refractivity contribution in [3.05, 3.63) is 54.2 Å². The number of hydrogen-bond donors (Lipinski definition) is 0. The van der Waals surface area contributed by atoms with Crippen molar-refractivity contribution in [2.75, 3.05) is 0 Å². The molecule has 0 aliphatic heterocycles. The third-order valence-electron chi connectivity index (χ3n) is 2.02. The van der Waals surface area contributed by atoms with Crippen LogP contribution in [0, 0.1) is 3.57 Å². The van der Waals surface area contributed by atoms with Crippen molar-refractivity contribution in [3.63, 3.8) is 0 Å². The largest absolute Gasteiger partial charge is 0.146 e. The highest BCUT2D eigenvalue weighted by Crippen LogP contribution is 2.38. The summed E-state index contributed by atoms with van der Waals surface area (Å²) in [6.45, 7) is 0. The summed E-state index contributed by atoms with van der Waals surface area (Å²) in [4.78, 5) is 1.60. The summed E-state index contributed by atoms with van der Waals surface area (Å²) in [6.07, 6.45) is 0. The van der Waals surface area contributed by atoms with Crippen LogP contribution in [0.25, 0.3) is 0 Å². The van der Waals surface area contributed by atoms with Gasteiger partial charge < -0.3 is 0 Å². The minimum Gasteiger partial charge on any atom is -0.146 e. The summed E-state index contributed by atoms with van der Waals surface area (Å²) in [5.74, 6) is 0. The molecule has 0 aliphatic rings. The van der Waals surface area contributed by atoms with Crippen molar-refractivity contribution in [2.45, 2.75) is 4.83 Å². The average molecular weight is 458 g/mol. The lowest BCUT2D eigenvalue weighted by atomic mass is 10.1. The fourth-order valence-electron chi connectivity index (χ4n) is 1.30. The Kier molecular flexibility index (Phi) is 4.26. The van der Waals surface area contributed by atoms with Crippen LogP contribution in [-0.4, -0.2) is 0 Å². The fraction of sp³-hybridized carbons (Fsp3) is 0.0909. The molecule has 15 heavy (non-hydrogen) atoms. The molecule has 1 aromatic heterocycles. The lowest BCUT2D eigenvalue weighted by Gasteiger charge is -2.09. The maximum atomic E-state index is 3.74. The Morgan fingerprint density at radius 3 is 2.67 bits per heavy atom. The summed E-state index contributed by atoms with van der Waals surface area (Å²) in [5, 5.41) is 2.10. The molecule has 0 aliphatic carbocycles. The molecule has 78 valence electrons. The second-order valence-corrected chi connectivity index (χ2v) is 7.01. The average Bonchev–Trinajstić information content (AvgIpc) is 2.63. The first-order chi connectivity index (χ1) is 7.18. The molecular weight excluding hydrogens is 451 g/mol. The molecule has 0 amide bonds. The molecule has 1 unspecified atom stereocenters. The molecule has 0 bridgehead atoms. The van der Waals surface area contributed by atoms with E-state index in [2.05, 4.69) is 90.2 Å². The van der Waals surface area contributed by atoms with Crippen molar-refractivity contribution in [1.29, 1.82) is 0 Å². The van der Waals surface area contributed by atoms with E-state index >= 15 is 0 Å². The zero-order valence-corrected chi connectivity index (χ0v) is 13.7. The Bertz CT molecular complexity index is 467. The van der Waals surface area contributed by atoms with E-state index in [1.54, 1.807) is 11.3 Å². The first-order valence-corrected chi connectivity index (χ1v) is 7.97. The van der Waals surface area contributed by atoms with Gasteiger partial charge in [-0.05, 0) is 67.7 Å². The zero-order chi connectivity index (χ0) is 10.8. The van der Waals surface area contributed by atoms with E-state index in [4.69, 9.17) is 0 Å². The molecule has 0 fully saturated rings. The number of thiophene rings is 1. The Morgan fingerprint density at radius 1 is 1.27 bits per heavy atom. The Labute approximate surface area is 123 Å². The Hall–Kier alpha value is 0.610. The van der Waals surface area contributed by atoms with Crippen LogP contribution < -0.4 is 0 Å². The van der Waals surface area contributed by atoms with Gasteiger partial charge in [-0.3, -0.25) is 0 Å². The Balaban J connectivity index is 2.36. The molecule has 4 heteroatoms. The molecule has 0 radical (unpaired) electrons. The summed E-state index contributed by atoms with van der Waals surface area (Å²) < 4.78 is 2.44. The molecule has 1 aromatic carbocycles. The highest BCUT2D eigenvalue weighted by Gasteiger charge is 2.14. The predicted octanol–water partition coefficient (Wildman–Crippen LogP) is 5.60. The van der Waals surface area contributed by atoms with Crippen molar-refractivity contribution in [3.8, 4) is 0 Å². The smallest absolute Gasteiger partial charge is 0.0749 e. The molecule has 0 N–H and O–H groups in total. The summed E-state index contributed by atoms with van der Waals surface area (Å²) in [7, 11) is 0. The third-order valence-corrected chi connectivity index (χ3v) is 5.91. The van der Waals surface area contributed by atoms with Crippen LogP contribution in [0.4, 0.5) is 0 Å². The molecule has 2 rings (SSSR count). The van der Waals surface area contributed by atoms with Gasteiger partial charge in [0.1, 0.15) is 0 Å². The second-order valence-electron chi connectivity index (χ2n) is 3.05. The molecule has 0 nitrogen and oxygen atoms in total. The van der Waals surface area contributed by atoms with E-state index in [-0.39, 0.29) is 4.83 Å². The van der Waals surface area contributed by atoms with Gasteiger partial charge in [0.15, 0.2) is 0 Å². The van der Waals surface area contributed by atoms with Gasteiger partial charge >= 0.3 is 0 Å². The van der Waals surface area contributed by atoms with E-state index in [0.717, 1.165) is 0 Å². The second kappa shape index (κ2) is 5.29. The van der Waals surface area contributed by atoms with E-state index < -0.39 is 0 Å². The van der Waals surface area contributed by atoms with Crippen molar-refractivity contribution >= 4 is 65.8 Å². The van der Waals surface area contributed by atoms with E-state index in [1.807, 2.05) is 0 Å². The maximum Gasteiger partial charge on any atom is 0.0749 e. The number of hydrogen-bond acceptors (Lipinski definition) is 1. The van der Waals surface area contributed by atoms with Gasteiger partial charge in [0.05, 0.1) is 4.83 Å². The van der Waals surface area contributed by atoms with Gasteiger partial charge in [-0.25, -0.2) is 0 Å². The number of halogens is 3. The van der Waals surface area contributed by atoms with E-state index in [0.29, 0.717) is 0 Å². The van der Waals surface area contributed by atoms with Crippen LogP contribution in [0.5, 0.6) is 0 Å². The highest BCUT2D eigenvalue weighted by molar-refractivity contribution is 14.1. The predicted molar refractivity (Wildman–Crippen MR) is 81.9 cm³/mol. The van der Waals surface area contributed by atoms with Gasteiger partial charge in [0.25, 0.3) is 0 Å². The number of benzene rings is 1. The summed E-state index contributed by atoms with van der Waals surface area (Å²) >= 11 is 11.4. The van der Waals surface area contributed by atoms with Gasteiger partial charge in [0, 0.05) is 12.9 Å². The van der Waals surface area contributed by atoms with Gasteiger partial charge in [-0.1, -0.05) is 28.1 Å². The topological polar surface area (TPSA) is 0 Å². The van der Waals surface area contributed by atoms with Crippen molar-refractivity contribution in [2.24, 2.45) is 0 Å². The third kappa shape index (κ3) is 2.84. The highest BCUT2D eigenvalue weighted by atomic mass is 127. The van der Waals surface area contributed by atoms with Gasteiger partial charge in [-0.2, -0.15) is 0 Å². The molecule has 1 atom stereocenters. The van der Waals surface area contributed by atoms with Crippen LogP contribution in [0.1, 0.15) is 15.3 Å². The minimum absolute atomic E-state index is 0.279.